The average Bonchev–Trinajstić information content (AvgIpc) is 2.56. The van der Waals surface area contributed by atoms with Gasteiger partial charge in [0.2, 0.25) is 5.76 Å². The molecule has 0 spiro atoms. The highest BCUT2D eigenvalue weighted by Crippen LogP contribution is 2.21. The van der Waals surface area contributed by atoms with Gasteiger partial charge in [-0.15, -0.1) is 0 Å². The van der Waals surface area contributed by atoms with E-state index in [9.17, 15) is 4.79 Å². The number of rotatable bonds is 3. The lowest BCUT2D eigenvalue weighted by molar-refractivity contribution is -0.123. The summed E-state index contributed by atoms with van der Waals surface area (Å²) in [4.78, 5) is 14.7. The second-order valence-electron chi connectivity index (χ2n) is 6.16. The summed E-state index contributed by atoms with van der Waals surface area (Å²) >= 11 is 0. The highest BCUT2D eigenvalue weighted by Gasteiger charge is 2.25. The third kappa shape index (κ3) is 3.78. The summed E-state index contributed by atoms with van der Waals surface area (Å²) in [6.07, 6.45) is 1.87. The maximum absolute atomic E-state index is 12.3. The van der Waals surface area contributed by atoms with E-state index in [-0.39, 0.29) is 11.9 Å². The van der Waals surface area contributed by atoms with E-state index in [1.807, 2.05) is 0 Å². The molecule has 0 saturated carbocycles. The molecule has 1 saturated heterocycles. The van der Waals surface area contributed by atoms with Gasteiger partial charge in [0.05, 0.1) is 0 Å². The molecule has 0 radical (unpaired) electrons. The van der Waals surface area contributed by atoms with Crippen LogP contribution in [0.25, 0.3) is 0 Å². The minimum absolute atomic E-state index is 0.156. The molecule has 0 bridgehead atoms. The fraction of sp³-hybridized carbons (Fsp3) is 0.500. The molecule has 0 aliphatic carbocycles. The predicted molar refractivity (Wildman–Crippen MR) is 89.2 cm³/mol. The standard InChI is InChI=1S/C18H24N2O3/c1-13-4-3-5-16(12-13)20-8-6-15(7-9-20)19-18(21)17-14(2)22-10-11-23-17/h3-5,12,15H,6-11H2,1-2H3,(H,19,21). The predicted octanol–water partition coefficient (Wildman–Crippen LogP) is 2.36. The van der Waals surface area contributed by atoms with E-state index in [1.54, 1.807) is 6.92 Å². The molecular weight excluding hydrogens is 292 g/mol. The zero-order chi connectivity index (χ0) is 16.2. The summed E-state index contributed by atoms with van der Waals surface area (Å²) in [6.45, 7) is 6.73. The van der Waals surface area contributed by atoms with Crippen molar-refractivity contribution in [3.05, 3.63) is 41.3 Å². The van der Waals surface area contributed by atoms with Gasteiger partial charge in [0.15, 0.2) is 0 Å². The summed E-state index contributed by atoms with van der Waals surface area (Å²) in [7, 11) is 0. The Kier molecular flexibility index (Phi) is 4.74. The number of ether oxygens (including phenoxy) is 2. The number of aryl methyl sites for hydroxylation is 1. The molecule has 1 fully saturated rings. The molecule has 3 rings (SSSR count). The van der Waals surface area contributed by atoms with Crippen LogP contribution < -0.4 is 10.2 Å². The van der Waals surface area contributed by atoms with Crippen molar-refractivity contribution in [2.24, 2.45) is 0 Å². The smallest absolute Gasteiger partial charge is 0.290 e. The summed E-state index contributed by atoms with van der Waals surface area (Å²) in [6, 6.07) is 8.75. The van der Waals surface area contributed by atoms with Gasteiger partial charge >= 0.3 is 0 Å². The molecule has 2 aliphatic heterocycles. The Balaban J connectivity index is 1.54. The lowest BCUT2D eigenvalue weighted by Crippen LogP contribution is -2.45. The van der Waals surface area contributed by atoms with Crippen LogP contribution in [0.3, 0.4) is 0 Å². The largest absolute Gasteiger partial charge is 0.491 e. The van der Waals surface area contributed by atoms with Crippen LogP contribution in [0, 0.1) is 6.92 Å². The van der Waals surface area contributed by atoms with Gasteiger partial charge in [-0.3, -0.25) is 4.79 Å². The van der Waals surface area contributed by atoms with Crippen molar-refractivity contribution in [3.8, 4) is 0 Å². The Hall–Kier alpha value is -2.17. The fourth-order valence-electron chi connectivity index (χ4n) is 3.09. The molecule has 23 heavy (non-hydrogen) atoms. The first-order chi connectivity index (χ1) is 11.1. The monoisotopic (exact) mass is 316 g/mol. The lowest BCUT2D eigenvalue weighted by Gasteiger charge is -2.34. The molecule has 2 heterocycles. The Morgan fingerprint density at radius 1 is 1.17 bits per heavy atom. The third-order valence-electron chi connectivity index (χ3n) is 4.37. The van der Waals surface area contributed by atoms with E-state index < -0.39 is 0 Å². The van der Waals surface area contributed by atoms with Crippen molar-refractivity contribution in [3.63, 3.8) is 0 Å². The first kappa shape index (κ1) is 15.7. The maximum Gasteiger partial charge on any atom is 0.290 e. The van der Waals surface area contributed by atoms with E-state index in [0.29, 0.717) is 24.7 Å². The van der Waals surface area contributed by atoms with Crippen LogP contribution in [0.15, 0.2) is 35.8 Å². The number of anilines is 1. The summed E-state index contributed by atoms with van der Waals surface area (Å²) in [5.74, 6) is 0.750. The molecule has 1 amide bonds. The number of piperidine rings is 1. The number of hydrogen-bond donors (Lipinski definition) is 1. The number of amides is 1. The summed E-state index contributed by atoms with van der Waals surface area (Å²) in [5, 5.41) is 3.07. The first-order valence-corrected chi connectivity index (χ1v) is 8.22. The second-order valence-corrected chi connectivity index (χ2v) is 6.16. The van der Waals surface area contributed by atoms with Crippen LogP contribution in [0.2, 0.25) is 0 Å². The van der Waals surface area contributed by atoms with Crippen LogP contribution in [0.1, 0.15) is 25.3 Å². The lowest BCUT2D eigenvalue weighted by atomic mass is 10.0. The van der Waals surface area contributed by atoms with E-state index >= 15 is 0 Å². The minimum Gasteiger partial charge on any atom is -0.491 e. The quantitative estimate of drug-likeness (QED) is 0.930. The fourth-order valence-corrected chi connectivity index (χ4v) is 3.09. The van der Waals surface area contributed by atoms with E-state index in [4.69, 9.17) is 9.47 Å². The van der Waals surface area contributed by atoms with Crippen LogP contribution in [-0.4, -0.2) is 38.3 Å². The van der Waals surface area contributed by atoms with Crippen molar-refractivity contribution < 1.29 is 14.3 Å². The molecular formula is C18H24N2O3. The maximum atomic E-state index is 12.3. The van der Waals surface area contributed by atoms with Crippen LogP contribution in [-0.2, 0) is 14.3 Å². The Morgan fingerprint density at radius 2 is 1.91 bits per heavy atom. The second kappa shape index (κ2) is 6.94. The summed E-state index contributed by atoms with van der Waals surface area (Å²) < 4.78 is 10.8. The topological polar surface area (TPSA) is 50.8 Å². The molecule has 0 aromatic heterocycles. The van der Waals surface area contributed by atoms with Crippen LogP contribution in [0.4, 0.5) is 5.69 Å². The van der Waals surface area contributed by atoms with Gasteiger partial charge in [0.1, 0.15) is 19.0 Å². The van der Waals surface area contributed by atoms with Gasteiger partial charge in [0.25, 0.3) is 5.91 Å². The van der Waals surface area contributed by atoms with E-state index in [0.717, 1.165) is 25.9 Å². The number of carbonyl (C=O) groups is 1. The van der Waals surface area contributed by atoms with Crippen molar-refractivity contribution >= 4 is 11.6 Å². The molecule has 2 aliphatic rings. The zero-order valence-electron chi connectivity index (χ0n) is 13.8. The highest BCUT2D eigenvalue weighted by molar-refractivity contribution is 5.92. The van der Waals surface area contributed by atoms with Gasteiger partial charge in [-0.2, -0.15) is 0 Å². The SMILES string of the molecule is CC1=C(C(=O)NC2CCN(c3cccc(C)c3)CC2)OCCO1. The van der Waals surface area contributed by atoms with Crippen LogP contribution >= 0.6 is 0 Å². The van der Waals surface area contributed by atoms with E-state index in [1.165, 1.54) is 11.3 Å². The van der Waals surface area contributed by atoms with Gasteiger partial charge < -0.3 is 19.7 Å². The van der Waals surface area contributed by atoms with Crippen molar-refractivity contribution in [2.45, 2.75) is 32.7 Å². The molecule has 1 aromatic carbocycles. The van der Waals surface area contributed by atoms with Gasteiger partial charge in [-0.1, -0.05) is 12.1 Å². The Labute approximate surface area is 137 Å². The molecule has 5 heteroatoms. The first-order valence-electron chi connectivity index (χ1n) is 8.22. The van der Waals surface area contributed by atoms with Gasteiger partial charge in [-0.25, -0.2) is 0 Å². The summed E-state index contributed by atoms with van der Waals surface area (Å²) in [5.41, 5.74) is 2.53. The van der Waals surface area contributed by atoms with Crippen LogP contribution in [0.5, 0.6) is 0 Å². The zero-order valence-corrected chi connectivity index (χ0v) is 13.8. The van der Waals surface area contributed by atoms with Crippen molar-refractivity contribution in [2.75, 3.05) is 31.2 Å². The number of carbonyl (C=O) groups excluding carboxylic acids is 1. The normalized spacial score (nSPS) is 19.1. The molecule has 0 unspecified atom stereocenters. The number of allylic oxidation sites excluding steroid dienone is 1. The van der Waals surface area contributed by atoms with Gasteiger partial charge in [0, 0.05) is 24.8 Å². The Bertz CT molecular complexity index is 604. The number of hydrogen-bond acceptors (Lipinski definition) is 4. The van der Waals surface area contributed by atoms with Crippen molar-refractivity contribution in [1.82, 2.24) is 5.32 Å². The third-order valence-corrected chi connectivity index (χ3v) is 4.37. The van der Waals surface area contributed by atoms with Gasteiger partial charge in [-0.05, 0) is 44.4 Å². The molecule has 1 aromatic rings. The molecule has 124 valence electrons. The molecule has 0 atom stereocenters. The van der Waals surface area contributed by atoms with E-state index in [2.05, 4.69) is 41.4 Å². The highest BCUT2D eigenvalue weighted by atomic mass is 16.6. The average molecular weight is 316 g/mol. The Morgan fingerprint density at radius 3 is 2.61 bits per heavy atom. The number of nitrogens with zero attached hydrogens (tertiary/aromatic N) is 1. The molecule has 1 N–H and O–H groups in total. The molecule has 5 nitrogen and oxygen atoms in total. The number of nitrogens with one attached hydrogen (secondary N) is 1. The van der Waals surface area contributed by atoms with Crippen molar-refractivity contribution in [1.29, 1.82) is 0 Å². The minimum atomic E-state index is -0.156. The number of benzene rings is 1.